The average Bonchev–Trinajstić information content (AvgIpc) is 3.07. The predicted octanol–water partition coefficient (Wildman–Crippen LogP) is 5.67. The summed E-state index contributed by atoms with van der Waals surface area (Å²) in [7, 11) is 0. The Morgan fingerprint density at radius 1 is 0.703 bits per heavy atom. The number of fused-ring (bicyclic) bond motifs is 5. The number of para-hydroxylation sites is 2. The number of nitrogens with one attached hydrogen (secondary N) is 1. The summed E-state index contributed by atoms with van der Waals surface area (Å²) < 4.78 is 2.03. The van der Waals surface area contributed by atoms with Gasteiger partial charge in [0, 0.05) is 30.2 Å². The highest BCUT2D eigenvalue weighted by Gasteiger charge is 2.45. The van der Waals surface area contributed by atoms with Gasteiger partial charge in [-0.2, -0.15) is 0 Å². The van der Waals surface area contributed by atoms with Crippen molar-refractivity contribution in [2.45, 2.75) is 101 Å². The number of rotatable bonds is 3. The monoisotopic (exact) mass is 498 g/mol. The number of nitrogens with zero attached hydrogens (tertiary/aromatic N) is 3. The molecule has 2 aromatic heterocycles. The summed E-state index contributed by atoms with van der Waals surface area (Å²) in [5.74, 6) is 1.85. The van der Waals surface area contributed by atoms with Gasteiger partial charge in [-0.15, -0.1) is 0 Å². The highest BCUT2D eigenvalue weighted by molar-refractivity contribution is 5.77. The molecule has 2 unspecified atom stereocenters. The van der Waals surface area contributed by atoms with Gasteiger partial charge in [0.15, 0.2) is 5.69 Å². The number of H-pyrrole nitrogens is 1. The third kappa shape index (κ3) is 4.27. The molecule has 0 radical (unpaired) electrons. The van der Waals surface area contributed by atoms with Crippen molar-refractivity contribution in [1.82, 2.24) is 19.4 Å². The first-order valence-electron chi connectivity index (χ1n) is 14.6. The maximum Gasteiger partial charge on any atom is 0.279 e. The van der Waals surface area contributed by atoms with Crippen LogP contribution in [0.4, 0.5) is 0 Å². The van der Waals surface area contributed by atoms with Crippen LogP contribution in [0.2, 0.25) is 0 Å². The molecule has 1 aromatic carbocycles. The molecule has 1 N–H and O–H groups in total. The van der Waals surface area contributed by atoms with E-state index in [4.69, 9.17) is 4.98 Å². The minimum Gasteiger partial charge on any atom is -0.320 e. The summed E-state index contributed by atoms with van der Waals surface area (Å²) in [5, 5.41) is 0. The Bertz CT molecular complexity index is 1380. The minimum absolute atomic E-state index is 0.0826. The lowest BCUT2D eigenvalue weighted by atomic mass is 9.73. The Morgan fingerprint density at radius 3 is 2.16 bits per heavy atom. The van der Waals surface area contributed by atoms with Crippen molar-refractivity contribution < 1.29 is 0 Å². The topological polar surface area (TPSA) is 71.0 Å². The molecule has 2 saturated heterocycles. The second kappa shape index (κ2) is 9.54. The summed E-state index contributed by atoms with van der Waals surface area (Å²) in [6, 6.07) is 14.9. The molecule has 4 fully saturated rings. The molecule has 37 heavy (non-hydrogen) atoms. The van der Waals surface area contributed by atoms with E-state index in [0.29, 0.717) is 23.5 Å². The molecule has 0 amide bonds. The van der Waals surface area contributed by atoms with E-state index in [1.807, 2.05) is 28.8 Å². The Kier molecular flexibility index (Phi) is 6.03. The third-order valence-corrected chi connectivity index (χ3v) is 9.96. The molecule has 4 heterocycles. The van der Waals surface area contributed by atoms with E-state index < -0.39 is 0 Å². The number of hydrogen-bond donors (Lipinski definition) is 1. The zero-order valence-corrected chi connectivity index (χ0v) is 21.6. The molecular formula is C31H38N4O2. The number of aromatic nitrogens is 3. The molecule has 194 valence electrons. The molecule has 3 aromatic rings. The molecular weight excluding hydrogens is 460 g/mol. The van der Waals surface area contributed by atoms with Gasteiger partial charge in [-0.05, 0) is 75.0 Å². The van der Waals surface area contributed by atoms with E-state index in [2.05, 4.69) is 9.88 Å². The van der Waals surface area contributed by atoms with Crippen LogP contribution < -0.4 is 11.1 Å². The molecule has 2 aliphatic carbocycles. The van der Waals surface area contributed by atoms with Crippen molar-refractivity contribution >= 4 is 11.0 Å². The molecule has 6 atom stereocenters. The first-order valence-corrected chi connectivity index (χ1v) is 14.6. The van der Waals surface area contributed by atoms with Gasteiger partial charge in [0.1, 0.15) is 0 Å². The fourth-order valence-electron chi connectivity index (χ4n) is 8.58. The van der Waals surface area contributed by atoms with Gasteiger partial charge < -0.3 is 9.55 Å². The number of aromatic amines is 1. The quantitative estimate of drug-likeness (QED) is 0.505. The summed E-state index contributed by atoms with van der Waals surface area (Å²) in [6.07, 6.45) is 15.8. The molecule has 6 nitrogen and oxygen atoms in total. The lowest BCUT2D eigenvalue weighted by Gasteiger charge is -2.54. The van der Waals surface area contributed by atoms with Crippen LogP contribution in [0.3, 0.4) is 0 Å². The van der Waals surface area contributed by atoms with Crippen molar-refractivity contribution in [3.8, 4) is 11.4 Å². The van der Waals surface area contributed by atoms with Crippen LogP contribution in [0.1, 0.15) is 83.1 Å². The fraction of sp³-hybridized carbons (Fsp3) is 0.581. The van der Waals surface area contributed by atoms with Crippen molar-refractivity contribution in [1.29, 1.82) is 0 Å². The highest BCUT2D eigenvalue weighted by atomic mass is 16.1. The standard InChI is InChI=1S/C31H38N4O2/c36-29-14-6-12-27(32-29)30-31(37)35(28-13-4-3-11-26(28)33-30)25-18-22-9-5-10-23(19-25)34(22)24-16-20-7-1-2-8-21(15-20)17-24/h3-4,6,11-14,20-25H,1-2,5,7-10,15-19H2,(H,32,36)/t20-,21+,22-,23+,24?,25?. The van der Waals surface area contributed by atoms with Crippen LogP contribution >= 0.6 is 0 Å². The van der Waals surface area contributed by atoms with E-state index in [0.717, 1.165) is 41.8 Å². The maximum absolute atomic E-state index is 14.0. The van der Waals surface area contributed by atoms with Crippen LogP contribution in [-0.4, -0.2) is 37.6 Å². The van der Waals surface area contributed by atoms with Crippen LogP contribution in [0.25, 0.3) is 22.4 Å². The molecule has 2 aliphatic heterocycles. The SMILES string of the molecule is O=c1cccc(-c2nc3ccccc3n(C3C[C@H]4CCC[C@@H](C3)N4C3C[C@H]4CCCC[C@@H](C3)C4)c2=O)[nH]1. The third-order valence-electron chi connectivity index (χ3n) is 9.96. The van der Waals surface area contributed by atoms with Gasteiger partial charge in [0.25, 0.3) is 5.56 Å². The Labute approximate surface area is 218 Å². The van der Waals surface area contributed by atoms with Gasteiger partial charge in [0.05, 0.1) is 16.7 Å². The van der Waals surface area contributed by atoms with Gasteiger partial charge in [-0.25, -0.2) is 4.98 Å². The first kappa shape index (κ1) is 23.4. The lowest BCUT2D eigenvalue weighted by Crippen LogP contribution is -2.58. The lowest BCUT2D eigenvalue weighted by molar-refractivity contribution is -0.0420. The van der Waals surface area contributed by atoms with Crippen molar-refractivity contribution in [2.24, 2.45) is 11.8 Å². The van der Waals surface area contributed by atoms with Crippen LogP contribution in [-0.2, 0) is 0 Å². The van der Waals surface area contributed by atoms with Crippen LogP contribution in [0.15, 0.2) is 52.1 Å². The Hall–Kier alpha value is -2.73. The number of piperidine rings is 2. The van der Waals surface area contributed by atoms with Gasteiger partial charge >= 0.3 is 0 Å². The Morgan fingerprint density at radius 2 is 1.43 bits per heavy atom. The highest BCUT2D eigenvalue weighted by Crippen LogP contribution is 2.47. The smallest absolute Gasteiger partial charge is 0.279 e. The minimum atomic E-state index is -0.214. The van der Waals surface area contributed by atoms with Crippen LogP contribution in [0.5, 0.6) is 0 Å². The largest absolute Gasteiger partial charge is 0.320 e. The predicted molar refractivity (Wildman–Crippen MR) is 147 cm³/mol. The zero-order valence-electron chi connectivity index (χ0n) is 21.6. The molecule has 7 rings (SSSR count). The molecule has 0 spiro atoms. The fourth-order valence-corrected chi connectivity index (χ4v) is 8.58. The first-order chi connectivity index (χ1) is 18.1. The summed E-state index contributed by atoms with van der Waals surface area (Å²) in [5.41, 5.74) is 2.27. The van der Waals surface area contributed by atoms with Crippen molar-refractivity contribution in [3.63, 3.8) is 0 Å². The van der Waals surface area contributed by atoms with Gasteiger partial charge in [-0.3, -0.25) is 14.5 Å². The molecule has 4 bridgehead atoms. The average molecular weight is 499 g/mol. The number of pyridine rings is 1. The number of benzene rings is 1. The van der Waals surface area contributed by atoms with E-state index in [1.54, 1.807) is 12.1 Å². The van der Waals surface area contributed by atoms with E-state index in [1.165, 1.54) is 70.3 Å². The molecule has 2 saturated carbocycles. The Balaban J connectivity index is 1.26. The second-order valence-corrected chi connectivity index (χ2v) is 12.2. The van der Waals surface area contributed by atoms with Crippen molar-refractivity contribution in [3.05, 3.63) is 63.2 Å². The van der Waals surface area contributed by atoms with E-state index >= 15 is 0 Å². The molecule has 4 aliphatic rings. The maximum atomic E-state index is 14.0. The van der Waals surface area contributed by atoms with Crippen LogP contribution in [0, 0.1) is 11.8 Å². The number of hydrogen-bond acceptors (Lipinski definition) is 4. The normalized spacial score (nSPS) is 32.2. The van der Waals surface area contributed by atoms with Gasteiger partial charge in [0.2, 0.25) is 5.56 Å². The van der Waals surface area contributed by atoms with E-state index in [-0.39, 0.29) is 17.2 Å². The van der Waals surface area contributed by atoms with E-state index in [9.17, 15) is 9.59 Å². The summed E-state index contributed by atoms with van der Waals surface area (Å²) in [4.78, 5) is 36.6. The second-order valence-electron chi connectivity index (χ2n) is 12.2. The van der Waals surface area contributed by atoms with Crippen molar-refractivity contribution in [2.75, 3.05) is 0 Å². The summed E-state index contributed by atoms with van der Waals surface area (Å²) in [6.45, 7) is 0. The zero-order chi connectivity index (χ0) is 24.9. The summed E-state index contributed by atoms with van der Waals surface area (Å²) >= 11 is 0. The van der Waals surface area contributed by atoms with Gasteiger partial charge in [-0.1, -0.05) is 50.3 Å². The molecule has 6 heteroatoms.